The molecule has 198 valence electrons. The van der Waals surface area contributed by atoms with Crippen molar-refractivity contribution in [3.05, 3.63) is 96.9 Å². The van der Waals surface area contributed by atoms with Crippen molar-refractivity contribution in [2.24, 2.45) is 7.05 Å². The minimum Gasteiger partial charge on any atom is -0.384 e. The number of rotatable bonds is 11. The molecule has 0 saturated carbocycles. The smallest absolute Gasteiger partial charge is 0.332 e. The van der Waals surface area contributed by atoms with Crippen LogP contribution in [0.1, 0.15) is 48.5 Å². The number of aromatic nitrogens is 4. The third-order valence-electron chi connectivity index (χ3n) is 6.44. The molecule has 38 heavy (non-hydrogen) atoms. The zero-order valence-corrected chi connectivity index (χ0v) is 22.4. The molecule has 2 aromatic carbocycles. The van der Waals surface area contributed by atoms with Crippen molar-refractivity contribution in [3.8, 4) is 0 Å². The van der Waals surface area contributed by atoms with Crippen LogP contribution in [0.25, 0.3) is 10.9 Å². The number of thioether (sulfide) groups is 1. The van der Waals surface area contributed by atoms with Crippen molar-refractivity contribution in [3.63, 3.8) is 0 Å². The summed E-state index contributed by atoms with van der Waals surface area (Å²) in [4.78, 5) is 57.0. The zero-order chi connectivity index (χ0) is 27.2. The lowest BCUT2D eigenvalue weighted by molar-refractivity contribution is 0.102. The number of hydrogen-bond acceptors (Lipinski definition) is 7. The number of unbranched alkanes of at least 4 members (excludes halogenated alkanes) is 3. The molecule has 0 radical (unpaired) electrons. The Hall–Kier alpha value is -3.92. The van der Waals surface area contributed by atoms with Crippen LogP contribution in [0.5, 0.6) is 0 Å². The van der Waals surface area contributed by atoms with E-state index in [-0.39, 0.29) is 29.2 Å². The molecule has 4 rings (SSSR count). The molecule has 0 spiro atoms. The van der Waals surface area contributed by atoms with Gasteiger partial charge in [0.2, 0.25) is 0 Å². The van der Waals surface area contributed by atoms with Gasteiger partial charge in [0.1, 0.15) is 11.4 Å². The highest BCUT2D eigenvalue weighted by Gasteiger charge is 2.23. The summed E-state index contributed by atoms with van der Waals surface area (Å²) in [6.07, 6.45) is 3.93. The fourth-order valence-corrected chi connectivity index (χ4v) is 5.22. The first kappa shape index (κ1) is 27.1. The Kier molecular flexibility index (Phi) is 8.62. The van der Waals surface area contributed by atoms with E-state index in [4.69, 9.17) is 5.73 Å². The van der Waals surface area contributed by atoms with Gasteiger partial charge in [0.25, 0.3) is 11.1 Å². The molecule has 9 nitrogen and oxygen atoms in total. The van der Waals surface area contributed by atoms with Gasteiger partial charge in [-0.15, -0.1) is 0 Å². The van der Waals surface area contributed by atoms with Crippen molar-refractivity contribution < 1.29 is 4.79 Å². The normalized spacial score (nSPS) is 11.2. The lowest BCUT2D eigenvalue weighted by Gasteiger charge is -2.15. The molecule has 0 aliphatic carbocycles. The minimum absolute atomic E-state index is 0.122. The first-order valence-corrected chi connectivity index (χ1v) is 13.6. The third-order valence-corrected chi connectivity index (χ3v) is 7.42. The molecule has 0 unspecified atom stereocenters. The number of benzene rings is 2. The number of nitrogens with zero attached hydrogens (tertiary/aromatic N) is 4. The molecule has 0 fully saturated rings. The molecule has 0 aliphatic heterocycles. The van der Waals surface area contributed by atoms with Gasteiger partial charge >= 0.3 is 5.69 Å². The highest BCUT2D eigenvalue weighted by molar-refractivity contribution is 7.99. The molecular weight excluding hydrogens is 502 g/mol. The monoisotopic (exact) mass is 533 g/mol. The second-order valence-electron chi connectivity index (χ2n) is 9.12. The van der Waals surface area contributed by atoms with Gasteiger partial charge in [-0.05, 0) is 24.1 Å². The average Bonchev–Trinajstić information content (AvgIpc) is 2.93. The molecule has 4 aromatic rings. The first-order chi connectivity index (χ1) is 18.3. The highest BCUT2D eigenvalue weighted by atomic mass is 32.2. The first-order valence-electron chi connectivity index (χ1n) is 12.6. The van der Waals surface area contributed by atoms with Gasteiger partial charge in [-0.2, -0.15) is 0 Å². The maximum absolute atomic E-state index is 13.3. The second-order valence-corrected chi connectivity index (χ2v) is 10.1. The van der Waals surface area contributed by atoms with Crippen molar-refractivity contribution in [2.45, 2.75) is 50.9 Å². The summed E-state index contributed by atoms with van der Waals surface area (Å²) >= 11 is 1.09. The number of carbonyl (C=O) groups is 1. The van der Waals surface area contributed by atoms with Crippen molar-refractivity contribution in [1.29, 1.82) is 0 Å². The second kappa shape index (κ2) is 12.1. The number of nitrogen functional groups attached to an aromatic ring is 1. The quantitative estimate of drug-likeness (QED) is 0.136. The molecular formula is C28H31N5O4S. The summed E-state index contributed by atoms with van der Waals surface area (Å²) in [5.74, 6) is -0.867. The molecule has 2 heterocycles. The highest BCUT2D eigenvalue weighted by Crippen LogP contribution is 2.21. The van der Waals surface area contributed by atoms with Crippen LogP contribution >= 0.6 is 11.8 Å². The number of carbonyl (C=O) groups excluding carboxylic acids is 1. The summed E-state index contributed by atoms with van der Waals surface area (Å²) in [6, 6.07) is 16.3. The number of para-hydroxylation sites is 1. The molecule has 0 saturated heterocycles. The molecule has 10 heteroatoms. The van der Waals surface area contributed by atoms with Gasteiger partial charge in [-0.1, -0.05) is 80.4 Å². The summed E-state index contributed by atoms with van der Waals surface area (Å²) in [7, 11) is 1.33. The molecule has 2 aromatic heterocycles. The van der Waals surface area contributed by atoms with Crippen LogP contribution in [0.3, 0.4) is 0 Å². The topological polar surface area (TPSA) is 122 Å². The van der Waals surface area contributed by atoms with Crippen LogP contribution in [0.2, 0.25) is 0 Å². The third kappa shape index (κ3) is 5.65. The number of hydrogen-bond donors (Lipinski definition) is 1. The van der Waals surface area contributed by atoms with Crippen LogP contribution in [0.15, 0.2) is 74.1 Å². The van der Waals surface area contributed by atoms with Gasteiger partial charge in [0.15, 0.2) is 10.9 Å². The Morgan fingerprint density at radius 1 is 0.921 bits per heavy atom. The van der Waals surface area contributed by atoms with E-state index in [1.54, 1.807) is 28.8 Å². The van der Waals surface area contributed by atoms with Gasteiger partial charge in [0.05, 0.1) is 23.2 Å². The van der Waals surface area contributed by atoms with E-state index in [2.05, 4.69) is 11.9 Å². The lowest BCUT2D eigenvalue weighted by atomic mass is 10.2. The van der Waals surface area contributed by atoms with E-state index < -0.39 is 17.0 Å². The summed E-state index contributed by atoms with van der Waals surface area (Å²) < 4.78 is 3.73. The number of ketones is 1. The van der Waals surface area contributed by atoms with Crippen LogP contribution in [0, 0.1) is 0 Å². The van der Waals surface area contributed by atoms with Crippen LogP contribution in [-0.2, 0) is 20.1 Å². The zero-order valence-electron chi connectivity index (χ0n) is 21.6. The standard InChI is InChI=1S/C28H31N5O4S/c1-3-4-5-11-16-32-25(35)20-14-9-10-15-21(20)30-27(32)38-18-22(34)23-24(29)33(28(37)31(2)26(23)36)17-19-12-7-6-8-13-19/h6-10,12-15H,3-5,11,16-18,29H2,1-2H3. The minimum atomic E-state index is -0.745. The van der Waals surface area contributed by atoms with Gasteiger partial charge in [0, 0.05) is 13.6 Å². The van der Waals surface area contributed by atoms with Gasteiger partial charge < -0.3 is 5.73 Å². The molecule has 0 amide bonds. The largest absolute Gasteiger partial charge is 0.384 e. The van der Waals surface area contributed by atoms with E-state index >= 15 is 0 Å². The summed E-state index contributed by atoms with van der Waals surface area (Å²) in [5, 5.41) is 0.927. The van der Waals surface area contributed by atoms with Crippen molar-refractivity contribution in [2.75, 3.05) is 11.5 Å². The molecule has 0 aliphatic rings. The van der Waals surface area contributed by atoms with Crippen LogP contribution in [-0.4, -0.2) is 30.2 Å². The average molecular weight is 534 g/mol. The predicted molar refractivity (Wildman–Crippen MR) is 151 cm³/mol. The predicted octanol–water partition coefficient (Wildman–Crippen LogP) is 3.44. The van der Waals surface area contributed by atoms with E-state index in [9.17, 15) is 19.2 Å². The number of anilines is 1. The number of Topliss-reactive ketones (excluding diaryl/α,β-unsaturated/α-hetero) is 1. The fourth-order valence-electron chi connectivity index (χ4n) is 4.32. The summed E-state index contributed by atoms with van der Waals surface area (Å²) in [6.45, 7) is 2.73. The SMILES string of the molecule is CCCCCCn1c(SCC(=O)c2c(N)n(Cc3ccccc3)c(=O)n(C)c2=O)nc2ccccc2c1=O. The van der Waals surface area contributed by atoms with Gasteiger partial charge in [-0.25, -0.2) is 9.78 Å². The Bertz CT molecular complexity index is 1640. The Labute approximate surface area is 223 Å². The number of nitrogens with two attached hydrogens (primary N) is 1. The van der Waals surface area contributed by atoms with E-state index in [0.29, 0.717) is 22.6 Å². The summed E-state index contributed by atoms with van der Waals surface area (Å²) in [5.41, 5.74) is 5.85. The maximum Gasteiger partial charge on any atom is 0.332 e. The van der Waals surface area contributed by atoms with Crippen molar-refractivity contribution in [1.82, 2.24) is 18.7 Å². The Morgan fingerprint density at radius 2 is 1.63 bits per heavy atom. The molecule has 0 bridgehead atoms. The van der Waals surface area contributed by atoms with E-state index in [1.807, 2.05) is 30.3 Å². The van der Waals surface area contributed by atoms with Crippen LogP contribution in [0.4, 0.5) is 5.82 Å². The van der Waals surface area contributed by atoms with Crippen LogP contribution < -0.4 is 22.5 Å². The van der Waals surface area contributed by atoms with E-state index in [0.717, 1.165) is 47.6 Å². The van der Waals surface area contributed by atoms with E-state index in [1.165, 1.54) is 11.6 Å². The lowest BCUT2D eigenvalue weighted by Crippen LogP contribution is -2.43. The molecule has 0 atom stereocenters. The maximum atomic E-state index is 13.3. The van der Waals surface area contributed by atoms with Gasteiger partial charge in [-0.3, -0.25) is 28.1 Å². The Morgan fingerprint density at radius 3 is 2.37 bits per heavy atom. The number of fused-ring (bicyclic) bond motifs is 1. The molecule has 2 N–H and O–H groups in total. The Balaban J connectivity index is 1.66. The van der Waals surface area contributed by atoms with Crippen molar-refractivity contribution >= 4 is 34.3 Å². The fraction of sp³-hybridized carbons (Fsp3) is 0.321.